The maximum atomic E-state index is 13.5. The lowest BCUT2D eigenvalue weighted by molar-refractivity contribution is -0.131. The summed E-state index contributed by atoms with van der Waals surface area (Å²) < 4.78 is 31.6. The molecule has 1 atom stereocenters. The smallest absolute Gasteiger partial charge is 0.279 e. The maximum Gasteiger partial charge on any atom is 0.279 e. The van der Waals surface area contributed by atoms with Gasteiger partial charge in [0.25, 0.3) is 11.8 Å². The van der Waals surface area contributed by atoms with E-state index in [4.69, 9.17) is 4.74 Å². The summed E-state index contributed by atoms with van der Waals surface area (Å²) in [6, 6.07) is 11.3. The fraction of sp³-hybridized carbons (Fsp3) is 0.111. The van der Waals surface area contributed by atoms with E-state index in [-0.39, 0.29) is 5.75 Å². The van der Waals surface area contributed by atoms with Crippen molar-refractivity contribution in [2.75, 3.05) is 0 Å². The summed E-state index contributed by atoms with van der Waals surface area (Å²) in [7, 11) is 0. The molecule has 2 N–H and O–H groups in total. The van der Waals surface area contributed by atoms with Gasteiger partial charge in [-0.2, -0.15) is 0 Å². The molecule has 2 amide bonds. The molecule has 0 saturated heterocycles. The first-order valence-corrected chi connectivity index (χ1v) is 7.40. The Morgan fingerprint density at radius 1 is 1.08 bits per heavy atom. The van der Waals surface area contributed by atoms with Crippen molar-refractivity contribution in [2.45, 2.75) is 13.0 Å². The van der Waals surface area contributed by atoms with Crippen molar-refractivity contribution in [3.05, 3.63) is 71.8 Å². The van der Waals surface area contributed by atoms with Gasteiger partial charge in [0.2, 0.25) is 0 Å². The van der Waals surface area contributed by atoms with E-state index in [0.29, 0.717) is 5.56 Å². The van der Waals surface area contributed by atoms with Crippen LogP contribution in [-0.4, -0.2) is 17.9 Å². The fourth-order valence-electron chi connectivity index (χ4n) is 1.83. The second kappa shape index (κ2) is 8.58. The van der Waals surface area contributed by atoms with Crippen molar-refractivity contribution in [1.82, 2.24) is 10.9 Å². The van der Waals surface area contributed by atoms with E-state index in [1.165, 1.54) is 49.4 Å². The molecule has 0 bridgehead atoms. The van der Waals surface area contributed by atoms with Gasteiger partial charge in [-0.25, -0.2) is 8.78 Å². The average Bonchev–Trinajstić information content (AvgIpc) is 2.59. The Balaban J connectivity index is 1.82. The Morgan fingerprint density at radius 2 is 1.84 bits per heavy atom. The number of hydrogen-bond donors (Lipinski definition) is 2. The van der Waals surface area contributed by atoms with E-state index < -0.39 is 29.6 Å². The second-order valence-corrected chi connectivity index (χ2v) is 5.06. The lowest BCUT2D eigenvalue weighted by Crippen LogP contribution is -2.46. The molecule has 130 valence electrons. The number of amides is 2. The van der Waals surface area contributed by atoms with Gasteiger partial charge >= 0.3 is 0 Å². The van der Waals surface area contributed by atoms with Crippen molar-refractivity contribution in [1.29, 1.82) is 0 Å². The molecule has 0 aliphatic carbocycles. The van der Waals surface area contributed by atoms with E-state index in [1.807, 2.05) is 0 Å². The van der Waals surface area contributed by atoms with Gasteiger partial charge in [0, 0.05) is 6.08 Å². The molecule has 5 nitrogen and oxygen atoms in total. The highest BCUT2D eigenvalue weighted by atomic mass is 19.1. The standard InChI is InChI=1S/C18H16F2N2O3/c1-12(25-16-8-3-2-7-15(16)20)18(24)22-21-17(23)10-9-13-5-4-6-14(19)11-13/h2-12H,1H3,(H,21,23)(H,22,24). The molecule has 0 aliphatic rings. The van der Waals surface area contributed by atoms with Crippen LogP contribution in [0.25, 0.3) is 6.08 Å². The molecule has 0 spiro atoms. The summed E-state index contributed by atoms with van der Waals surface area (Å²) in [5.41, 5.74) is 4.81. The number of carbonyl (C=O) groups excluding carboxylic acids is 2. The van der Waals surface area contributed by atoms with E-state index in [2.05, 4.69) is 10.9 Å². The number of carbonyl (C=O) groups is 2. The number of para-hydroxylation sites is 1. The molecule has 0 aromatic heterocycles. The topological polar surface area (TPSA) is 67.4 Å². The molecule has 2 aromatic carbocycles. The lowest BCUT2D eigenvalue weighted by atomic mass is 10.2. The first kappa shape index (κ1) is 18.1. The van der Waals surface area contributed by atoms with Crippen LogP contribution in [0.2, 0.25) is 0 Å². The summed E-state index contributed by atoms with van der Waals surface area (Å²) in [6.45, 7) is 1.41. The van der Waals surface area contributed by atoms with Crippen molar-refractivity contribution >= 4 is 17.9 Å². The molecular formula is C18H16F2N2O3. The van der Waals surface area contributed by atoms with Crippen molar-refractivity contribution in [3.8, 4) is 5.75 Å². The zero-order valence-corrected chi connectivity index (χ0v) is 13.3. The van der Waals surface area contributed by atoms with Gasteiger partial charge in [-0.15, -0.1) is 0 Å². The number of nitrogens with one attached hydrogen (secondary N) is 2. The maximum absolute atomic E-state index is 13.5. The first-order chi connectivity index (χ1) is 12.0. The minimum atomic E-state index is -1.02. The minimum absolute atomic E-state index is 0.0672. The SMILES string of the molecule is CC(Oc1ccccc1F)C(=O)NNC(=O)C=Cc1cccc(F)c1. The molecule has 0 radical (unpaired) electrons. The number of hydrogen-bond acceptors (Lipinski definition) is 3. The van der Waals surface area contributed by atoms with Gasteiger partial charge in [0.05, 0.1) is 0 Å². The average molecular weight is 346 g/mol. The van der Waals surface area contributed by atoms with Crippen LogP contribution in [0, 0.1) is 11.6 Å². The molecule has 7 heteroatoms. The van der Waals surface area contributed by atoms with Crippen LogP contribution in [0.4, 0.5) is 8.78 Å². The Labute approximate surface area is 143 Å². The third-order valence-corrected chi connectivity index (χ3v) is 3.09. The van der Waals surface area contributed by atoms with E-state index >= 15 is 0 Å². The van der Waals surface area contributed by atoms with Crippen LogP contribution in [0.5, 0.6) is 5.75 Å². The number of ether oxygens (including phenoxy) is 1. The summed E-state index contributed by atoms with van der Waals surface area (Å²) in [6.07, 6.45) is 1.51. The molecule has 0 fully saturated rings. The number of benzene rings is 2. The largest absolute Gasteiger partial charge is 0.478 e. The second-order valence-electron chi connectivity index (χ2n) is 5.06. The van der Waals surface area contributed by atoms with Crippen LogP contribution in [0.15, 0.2) is 54.6 Å². The molecule has 2 rings (SSSR count). The van der Waals surface area contributed by atoms with Gasteiger partial charge in [0.15, 0.2) is 17.7 Å². The van der Waals surface area contributed by atoms with Crippen LogP contribution in [0.1, 0.15) is 12.5 Å². The predicted octanol–water partition coefficient (Wildman–Crippen LogP) is 2.59. The molecule has 2 aromatic rings. The lowest BCUT2D eigenvalue weighted by Gasteiger charge is -2.15. The molecule has 0 saturated carbocycles. The van der Waals surface area contributed by atoms with Crippen LogP contribution < -0.4 is 15.6 Å². The summed E-state index contributed by atoms with van der Waals surface area (Å²) in [4.78, 5) is 23.5. The van der Waals surface area contributed by atoms with Crippen molar-refractivity contribution in [2.24, 2.45) is 0 Å². The molecule has 25 heavy (non-hydrogen) atoms. The third kappa shape index (κ3) is 5.72. The number of hydrazine groups is 1. The van der Waals surface area contributed by atoms with Crippen LogP contribution in [0.3, 0.4) is 0 Å². The zero-order chi connectivity index (χ0) is 18.2. The van der Waals surface area contributed by atoms with Gasteiger partial charge in [-0.1, -0.05) is 24.3 Å². The van der Waals surface area contributed by atoms with E-state index in [9.17, 15) is 18.4 Å². The Bertz CT molecular complexity index is 793. The number of rotatable bonds is 5. The van der Waals surface area contributed by atoms with Gasteiger partial charge < -0.3 is 4.74 Å². The Morgan fingerprint density at radius 3 is 2.56 bits per heavy atom. The van der Waals surface area contributed by atoms with E-state index in [0.717, 1.165) is 6.08 Å². The highest BCUT2D eigenvalue weighted by Gasteiger charge is 2.16. The Hall–Kier alpha value is -3.22. The summed E-state index contributed by atoms with van der Waals surface area (Å²) >= 11 is 0. The number of halogens is 2. The minimum Gasteiger partial charge on any atom is -0.478 e. The molecule has 1 unspecified atom stereocenters. The van der Waals surface area contributed by atoms with E-state index in [1.54, 1.807) is 12.1 Å². The van der Waals surface area contributed by atoms with Crippen LogP contribution >= 0.6 is 0 Å². The monoisotopic (exact) mass is 346 g/mol. The third-order valence-electron chi connectivity index (χ3n) is 3.09. The normalized spacial score (nSPS) is 11.8. The van der Waals surface area contributed by atoms with Crippen molar-refractivity contribution in [3.63, 3.8) is 0 Å². The molecule has 0 heterocycles. The van der Waals surface area contributed by atoms with Crippen LogP contribution in [-0.2, 0) is 9.59 Å². The molecule has 0 aliphatic heterocycles. The van der Waals surface area contributed by atoms with Crippen molar-refractivity contribution < 1.29 is 23.1 Å². The highest BCUT2D eigenvalue weighted by molar-refractivity contribution is 5.93. The summed E-state index contributed by atoms with van der Waals surface area (Å²) in [5, 5.41) is 0. The zero-order valence-electron chi connectivity index (χ0n) is 13.3. The predicted molar refractivity (Wildman–Crippen MR) is 88.2 cm³/mol. The molecular weight excluding hydrogens is 330 g/mol. The van der Waals surface area contributed by atoms with Gasteiger partial charge in [-0.05, 0) is 42.8 Å². The first-order valence-electron chi connectivity index (χ1n) is 7.40. The summed E-state index contributed by atoms with van der Waals surface area (Å²) in [5.74, 6) is -2.35. The fourth-order valence-corrected chi connectivity index (χ4v) is 1.83. The quantitative estimate of drug-likeness (QED) is 0.646. The van der Waals surface area contributed by atoms with Gasteiger partial charge in [-0.3, -0.25) is 20.4 Å². The highest BCUT2D eigenvalue weighted by Crippen LogP contribution is 2.16. The Kier molecular flexibility index (Phi) is 6.22. The van der Waals surface area contributed by atoms with Gasteiger partial charge in [0.1, 0.15) is 5.82 Å².